The number of urea groups is 1. The lowest BCUT2D eigenvalue weighted by molar-refractivity contribution is -0.113. The molecule has 0 unspecified atom stereocenters. The molecule has 0 radical (unpaired) electrons. The molecule has 0 atom stereocenters. The molecule has 162 valence electrons. The average molecular weight is 450 g/mol. The summed E-state index contributed by atoms with van der Waals surface area (Å²) in [6.45, 7) is 3.83. The molecular weight excluding hydrogens is 430 g/mol. The van der Waals surface area contributed by atoms with Gasteiger partial charge in [0.2, 0.25) is 0 Å². The maximum atomic E-state index is 12.9. The molecule has 1 aliphatic heterocycles. The summed E-state index contributed by atoms with van der Waals surface area (Å²) >= 11 is 5.90. The first kappa shape index (κ1) is 21.4. The maximum Gasteiger partial charge on any atom is 0.337 e. The fourth-order valence-electron chi connectivity index (χ4n) is 3.74. The Hall–Kier alpha value is -3.84. The highest BCUT2D eigenvalue weighted by Gasteiger charge is 2.35. The van der Waals surface area contributed by atoms with Crippen LogP contribution in [0, 0.1) is 13.8 Å². The first-order valence-electron chi connectivity index (χ1n) is 9.80. The molecule has 1 N–H and O–H groups in total. The van der Waals surface area contributed by atoms with Crippen LogP contribution in [-0.2, 0) is 9.53 Å². The van der Waals surface area contributed by atoms with Crippen LogP contribution in [0.5, 0.6) is 0 Å². The number of esters is 1. The van der Waals surface area contributed by atoms with Crippen molar-refractivity contribution in [1.82, 2.24) is 9.88 Å². The topological polar surface area (TPSA) is 80.6 Å². The minimum atomic E-state index is -0.525. The molecule has 1 aromatic heterocycles. The van der Waals surface area contributed by atoms with E-state index in [1.165, 1.54) is 7.11 Å². The van der Waals surface area contributed by atoms with Crippen molar-refractivity contribution < 1.29 is 19.1 Å². The first-order valence-corrected chi connectivity index (χ1v) is 10.2. The third-order valence-electron chi connectivity index (χ3n) is 5.26. The number of hydrogen-bond donors (Lipinski definition) is 1. The van der Waals surface area contributed by atoms with Crippen molar-refractivity contribution in [3.05, 3.63) is 87.8 Å². The number of anilines is 1. The number of aryl methyl sites for hydroxylation is 1. The number of carbonyl (C=O) groups excluding carboxylic acids is 3. The summed E-state index contributed by atoms with van der Waals surface area (Å²) in [6.07, 6.45) is 1.65. The van der Waals surface area contributed by atoms with E-state index >= 15 is 0 Å². The second kappa shape index (κ2) is 8.36. The molecule has 0 aliphatic carbocycles. The van der Waals surface area contributed by atoms with Gasteiger partial charge in [0.05, 0.1) is 18.4 Å². The van der Waals surface area contributed by atoms with E-state index in [-0.39, 0.29) is 5.70 Å². The zero-order chi connectivity index (χ0) is 23.0. The highest BCUT2D eigenvalue weighted by atomic mass is 35.5. The Morgan fingerprint density at radius 3 is 2.44 bits per heavy atom. The Labute approximate surface area is 189 Å². The molecule has 2 aromatic carbocycles. The number of aromatic nitrogens is 1. The van der Waals surface area contributed by atoms with E-state index in [2.05, 4.69) is 5.32 Å². The number of hydrogen-bond acceptors (Lipinski definition) is 4. The summed E-state index contributed by atoms with van der Waals surface area (Å²) in [5, 5.41) is 3.15. The van der Waals surface area contributed by atoms with Gasteiger partial charge >= 0.3 is 12.0 Å². The monoisotopic (exact) mass is 449 g/mol. The quantitative estimate of drug-likeness (QED) is 0.357. The van der Waals surface area contributed by atoms with Crippen molar-refractivity contribution in [2.45, 2.75) is 13.8 Å². The molecule has 1 fully saturated rings. The van der Waals surface area contributed by atoms with Gasteiger partial charge in [-0.3, -0.25) is 4.79 Å². The van der Waals surface area contributed by atoms with E-state index in [0.29, 0.717) is 16.3 Å². The number of methoxy groups -OCH3 is 1. The minimum Gasteiger partial charge on any atom is -0.465 e. The highest BCUT2D eigenvalue weighted by molar-refractivity contribution is 6.31. The molecule has 32 heavy (non-hydrogen) atoms. The lowest BCUT2D eigenvalue weighted by Gasteiger charge is -2.11. The van der Waals surface area contributed by atoms with E-state index < -0.39 is 17.9 Å². The second-order valence-electron chi connectivity index (χ2n) is 7.31. The van der Waals surface area contributed by atoms with E-state index in [0.717, 1.165) is 27.5 Å². The molecule has 0 spiro atoms. The van der Waals surface area contributed by atoms with Gasteiger partial charge in [0, 0.05) is 22.1 Å². The highest BCUT2D eigenvalue weighted by Crippen LogP contribution is 2.27. The Morgan fingerprint density at radius 1 is 1.03 bits per heavy atom. The standard InChI is InChI=1S/C24H20ClN3O4/c1-14-11-17(15(2)27(14)20-6-4-5-16(12-20)23(30)32-3)13-21-22(29)28(24(31)26-21)19-9-7-18(25)8-10-19/h4-13H,1-3H3,(H,26,31)/b21-13+. The number of benzene rings is 2. The van der Waals surface area contributed by atoms with Gasteiger partial charge in [-0.25, -0.2) is 14.5 Å². The number of nitrogens with one attached hydrogen (secondary N) is 1. The van der Waals surface area contributed by atoms with Gasteiger partial charge in [-0.15, -0.1) is 0 Å². The number of rotatable bonds is 4. The van der Waals surface area contributed by atoms with Crippen LogP contribution in [0.4, 0.5) is 10.5 Å². The minimum absolute atomic E-state index is 0.175. The predicted molar refractivity (Wildman–Crippen MR) is 122 cm³/mol. The Kier molecular flexibility index (Phi) is 5.59. The molecule has 4 rings (SSSR count). The van der Waals surface area contributed by atoms with Crippen molar-refractivity contribution in [2.75, 3.05) is 12.0 Å². The lowest BCUT2D eigenvalue weighted by atomic mass is 10.2. The fourth-order valence-corrected chi connectivity index (χ4v) is 3.86. The van der Waals surface area contributed by atoms with Gasteiger partial charge in [0.25, 0.3) is 5.91 Å². The summed E-state index contributed by atoms with van der Waals surface area (Å²) in [7, 11) is 1.34. The van der Waals surface area contributed by atoms with Crippen LogP contribution >= 0.6 is 11.6 Å². The van der Waals surface area contributed by atoms with Crippen molar-refractivity contribution in [2.24, 2.45) is 0 Å². The Bertz CT molecular complexity index is 1270. The van der Waals surface area contributed by atoms with Crippen LogP contribution in [0.3, 0.4) is 0 Å². The van der Waals surface area contributed by atoms with Crippen molar-refractivity contribution in [3.8, 4) is 5.69 Å². The third-order valence-corrected chi connectivity index (χ3v) is 5.51. The molecule has 0 saturated carbocycles. The van der Waals surface area contributed by atoms with Gasteiger partial charge in [0.1, 0.15) is 5.70 Å². The van der Waals surface area contributed by atoms with Crippen molar-refractivity contribution >= 4 is 41.3 Å². The summed E-state index contributed by atoms with van der Waals surface area (Å²) < 4.78 is 6.78. The molecule has 8 heteroatoms. The molecule has 7 nitrogen and oxygen atoms in total. The van der Waals surface area contributed by atoms with E-state index in [1.54, 1.807) is 48.5 Å². The van der Waals surface area contributed by atoms with Crippen LogP contribution in [0.2, 0.25) is 5.02 Å². The zero-order valence-electron chi connectivity index (χ0n) is 17.7. The van der Waals surface area contributed by atoms with Gasteiger partial charge in [-0.2, -0.15) is 0 Å². The first-order chi connectivity index (χ1) is 15.3. The molecule has 2 heterocycles. The number of nitrogens with zero attached hydrogens (tertiary/aromatic N) is 2. The van der Waals surface area contributed by atoms with Crippen molar-refractivity contribution in [1.29, 1.82) is 0 Å². The number of carbonyl (C=O) groups is 3. The maximum absolute atomic E-state index is 12.9. The Balaban J connectivity index is 1.69. The largest absolute Gasteiger partial charge is 0.465 e. The lowest BCUT2D eigenvalue weighted by Crippen LogP contribution is -2.30. The molecule has 1 aliphatic rings. The fraction of sp³-hybridized carbons (Fsp3) is 0.125. The third kappa shape index (κ3) is 3.78. The molecule has 0 bridgehead atoms. The number of ether oxygens (including phenoxy) is 1. The summed E-state index contributed by atoms with van der Waals surface area (Å²) in [4.78, 5) is 38.3. The van der Waals surface area contributed by atoms with Gasteiger partial charge in [0.15, 0.2) is 0 Å². The van der Waals surface area contributed by atoms with Crippen LogP contribution < -0.4 is 10.2 Å². The van der Waals surface area contributed by atoms with Gasteiger partial charge in [-0.05, 0) is 74.0 Å². The van der Waals surface area contributed by atoms with Crippen LogP contribution in [0.15, 0.2) is 60.3 Å². The zero-order valence-corrected chi connectivity index (χ0v) is 18.4. The second-order valence-corrected chi connectivity index (χ2v) is 7.75. The Morgan fingerprint density at radius 2 is 1.75 bits per heavy atom. The predicted octanol–water partition coefficient (Wildman–Crippen LogP) is 4.63. The average Bonchev–Trinajstić information content (AvgIpc) is 3.22. The molecule has 3 amide bonds. The van der Waals surface area contributed by atoms with Crippen molar-refractivity contribution in [3.63, 3.8) is 0 Å². The van der Waals surface area contributed by atoms with Crippen LogP contribution in [-0.4, -0.2) is 29.6 Å². The SMILES string of the molecule is COC(=O)c1cccc(-n2c(C)cc(/C=C3/NC(=O)N(c4ccc(Cl)cc4)C3=O)c2C)c1. The van der Waals surface area contributed by atoms with E-state index in [1.807, 2.05) is 30.5 Å². The summed E-state index contributed by atoms with van der Waals surface area (Å²) in [5.74, 6) is -0.868. The number of halogens is 1. The van der Waals surface area contributed by atoms with E-state index in [4.69, 9.17) is 16.3 Å². The van der Waals surface area contributed by atoms with Crippen LogP contribution in [0.25, 0.3) is 11.8 Å². The van der Waals surface area contributed by atoms with Gasteiger partial charge in [-0.1, -0.05) is 17.7 Å². The molecule has 1 saturated heterocycles. The molecule has 3 aromatic rings. The normalized spacial score (nSPS) is 14.8. The number of imide groups is 1. The smallest absolute Gasteiger partial charge is 0.337 e. The van der Waals surface area contributed by atoms with Crippen LogP contribution in [0.1, 0.15) is 27.3 Å². The summed E-state index contributed by atoms with van der Waals surface area (Å²) in [5.41, 5.74) is 4.37. The molecular formula is C24H20ClN3O4. The number of amides is 3. The summed E-state index contributed by atoms with van der Waals surface area (Å²) in [6, 6.07) is 15.0. The van der Waals surface area contributed by atoms with E-state index in [9.17, 15) is 14.4 Å². The van der Waals surface area contributed by atoms with Gasteiger partial charge < -0.3 is 14.6 Å².